The molecule has 0 N–H and O–H groups in total. The van der Waals surface area contributed by atoms with Crippen molar-refractivity contribution in [3.8, 4) is 0 Å². The van der Waals surface area contributed by atoms with E-state index in [0.29, 0.717) is 0 Å². The first-order valence-corrected chi connectivity index (χ1v) is 5.60. The Hall–Kier alpha value is -1.35. The van der Waals surface area contributed by atoms with E-state index in [1.807, 2.05) is 44.2 Å². The second kappa shape index (κ2) is 4.26. The maximum absolute atomic E-state index is 11.7. The lowest BCUT2D eigenvalue weighted by Crippen LogP contribution is -2.25. The maximum Gasteiger partial charge on any atom is 0.342 e. The van der Waals surface area contributed by atoms with Gasteiger partial charge >= 0.3 is 5.97 Å². The molecule has 0 saturated carbocycles. The van der Waals surface area contributed by atoms with Gasteiger partial charge in [0.1, 0.15) is 0 Å². The van der Waals surface area contributed by atoms with Gasteiger partial charge < -0.3 is 9.47 Å². The summed E-state index contributed by atoms with van der Waals surface area (Å²) in [7, 11) is 0. The van der Waals surface area contributed by atoms with E-state index in [1.54, 1.807) is 0 Å². The summed E-state index contributed by atoms with van der Waals surface area (Å²) in [4.78, 5) is 11.7. The molecule has 1 heterocycles. The number of benzene rings is 1. The molecule has 0 aliphatic carbocycles. The molecule has 0 bridgehead atoms. The van der Waals surface area contributed by atoms with Crippen molar-refractivity contribution in [2.45, 2.75) is 38.6 Å². The Bertz CT molecular complexity index is 374. The van der Waals surface area contributed by atoms with Crippen LogP contribution in [0.5, 0.6) is 0 Å². The van der Waals surface area contributed by atoms with Gasteiger partial charge in [0.05, 0.1) is 0 Å². The summed E-state index contributed by atoms with van der Waals surface area (Å²) in [5, 5.41) is 0. The number of cyclic esters (lactones) is 1. The highest BCUT2D eigenvalue weighted by molar-refractivity contribution is 5.78. The number of rotatable bonds is 3. The van der Waals surface area contributed by atoms with Gasteiger partial charge in [0.25, 0.3) is 0 Å². The van der Waals surface area contributed by atoms with E-state index in [0.717, 1.165) is 18.4 Å². The van der Waals surface area contributed by atoms with Crippen molar-refractivity contribution in [2.24, 2.45) is 0 Å². The van der Waals surface area contributed by atoms with Gasteiger partial charge in [-0.1, -0.05) is 37.3 Å². The predicted molar refractivity (Wildman–Crippen MR) is 59.7 cm³/mol. The maximum atomic E-state index is 11.7. The van der Waals surface area contributed by atoms with Gasteiger partial charge in [-0.05, 0) is 12.0 Å². The summed E-state index contributed by atoms with van der Waals surface area (Å²) in [6, 6.07) is 9.45. The Morgan fingerprint density at radius 2 is 2.00 bits per heavy atom. The zero-order chi connectivity index (χ0) is 11.6. The van der Waals surface area contributed by atoms with Crippen LogP contribution in [0.3, 0.4) is 0 Å². The summed E-state index contributed by atoms with van der Waals surface area (Å²) in [6.07, 6.45) is 1.07. The third kappa shape index (κ3) is 2.09. The SMILES string of the molecule is CCC[C@]1(C)OC(=O)[C@H](c2ccccc2)O1. The molecule has 0 radical (unpaired) electrons. The number of ether oxygens (including phenoxy) is 2. The van der Waals surface area contributed by atoms with E-state index in [4.69, 9.17) is 9.47 Å². The Morgan fingerprint density at radius 3 is 2.62 bits per heavy atom. The third-order valence-electron chi connectivity index (χ3n) is 2.70. The van der Waals surface area contributed by atoms with Crippen LogP contribution < -0.4 is 0 Å². The van der Waals surface area contributed by atoms with Crippen molar-refractivity contribution >= 4 is 5.97 Å². The zero-order valence-electron chi connectivity index (χ0n) is 9.60. The van der Waals surface area contributed by atoms with Crippen LogP contribution in [0.25, 0.3) is 0 Å². The molecule has 2 rings (SSSR count). The molecule has 16 heavy (non-hydrogen) atoms. The zero-order valence-corrected chi connectivity index (χ0v) is 9.60. The van der Waals surface area contributed by atoms with E-state index >= 15 is 0 Å². The van der Waals surface area contributed by atoms with Crippen molar-refractivity contribution in [1.29, 1.82) is 0 Å². The minimum Gasteiger partial charge on any atom is -0.431 e. The summed E-state index contributed by atoms with van der Waals surface area (Å²) in [5.74, 6) is -1.05. The topological polar surface area (TPSA) is 35.5 Å². The number of carbonyl (C=O) groups excluding carboxylic acids is 1. The number of hydrogen-bond donors (Lipinski definition) is 0. The third-order valence-corrected chi connectivity index (χ3v) is 2.70. The molecule has 1 aromatic rings. The molecule has 1 aliphatic rings. The summed E-state index contributed by atoms with van der Waals surface area (Å²) in [5.41, 5.74) is 0.854. The molecule has 0 amide bonds. The van der Waals surface area contributed by atoms with Crippen molar-refractivity contribution < 1.29 is 14.3 Å². The highest BCUT2D eigenvalue weighted by Crippen LogP contribution is 2.36. The summed E-state index contributed by atoms with van der Waals surface area (Å²) in [6.45, 7) is 3.86. The van der Waals surface area contributed by atoms with Gasteiger partial charge in [0.2, 0.25) is 5.79 Å². The van der Waals surface area contributed by atoms with Gasteiger partial charge in [-0.15, -0.1) is 0 Å². The lowest BCUT2D eigenvalue weighted by atomic mass is 10.1. The molecule has 1 aliphatic heterocycles. The van der Waals surface area contributed by atoms with E-state index in [-0.39, 0.29) is 5.97 Å². The minimum absolute atomic E-state index is 0.290. The first-order valence-electron chi connectivity index (χ1n) is 5.60. The second-order valence-electron chi connectivity index (χ2n) is 4.21. The first kappa shape index (κ1) is 11.1. The van der Waals surface area contributed by atoms with Crippen LogP contribution in [0.4, 0.5) is 0 Å². The highest BCUT2D eigenvalue weighted by atomic mass is 16.8. The lowest BCUT2D eigenvalue weighted by Gasteiger charge is -2.20. The largest absolute Gasteiger partial charge is 0.431 e. The van der Waals surface area contributed by atoms with Gasteiger partial charge in [-0.2, -0.15) is 0 Å². The number of carbonyl (C=O) groups is 1. The molecular weight excluding hydrogens is 204 g/mol. The van der Waals surface area contributed by atoms with Crippen molar-refractivity contribution in [1.82, 2.24) is 0 Å². The van der Waals surface area contributed by atoms with Gasteiger partial charge in [-0.3, -0.25) is 0 Å². The predicted octanol–water partition coefficient (Wildman–Crippen LogP) is 2.82. The molecule has 1 fully saturated rings. The monoisotopic (exact) mass is 220 g/mol. The van der Waals surface area contributed by atoms with E-state index < -0.39 is 11.9 Å². The molecule has 0 spiro atoms. The summed E-state index contributed by atoms with van der Waals surface area (Å²) >= 11 is 0. The molecule has 2 atom stereocenters. The second-order valence-corrected chi connectivity index (χ2v) is 4.21. The molecular formula is C13H16O3. The fourth-order valence-electron chi connectivity index (χ4n) is 1.98. The number of hydrogen-bond acceptors (Lipinski definition) is 3. The Morgan fingerprint density at radius 1 is 1.31 bits per heavy atom. The van der Waals surface area contributed by atoms with E-state index in [1.165, 1.54) is 0 Å². The molecule has 0 unspecified atom stereocenters. The smallest absolute Gasteiger partial charge is 0.342 e. The van der Waals surface area contributed by atoms with Crippen LogP contribution in [-0.2, 0) is 14.3 Å². The van der Waals surface area contributed by atoms with Gasteiger partial charge in [-0.25, -0.2) is 4.79 Å². The Labute approximate surface area is 95.4 Å². The van der Waals surface area contributed by atoms with Crippen molar-refractivity contribution in [3.63, 3.8) is 0 Å². The normalized spacial score (nSPS) is 29.1. The van der Waals surface area contributed by atoms with Crippen LogP contribution in [0.15, 0.2) is 30.3 Å². The fraction of sp³-hybridized carbons (Fsp3) is 0.462. The molecule has 3 nitrogen and oxygen atoms in total. The van der Waals surface area contributed by atoms with Crippen molar-refractivity contribution in [2.75, 3.05) is 0 Å². The van der Waals surface area contributed by atoms with Crippen LogP contribution in [0.2, 0.25) is 0 Å². The molecule has 86 valence electrons. The average Bonchev–Trinajstić information content (AvgIpc) is 2.56. The molecule has 0 aromatic heterocycles. The summed E-state index contributed by atoms with van der Waals surface area (Å²) < 4.78 is 11.0. The first-order chi connectivity index (χ1) is 7.64. The van der Waals surface area contributed by atoms with Crippen molar-refractivity contribution in [3.05, 3.63) is 35.9 Å². The van der Waals surface area contributed by atoms with Crippen LogP contribution in [0, 0.1) is 0 Å². The minimum atomic E-state index is -0.758. The highest BCUT2D eigenvalue weighted by Gasteiger charge is 2.44. The van der Waals surface area contributed by atoms with E-state index in [9.17, 15) is 4.79 Å². The standard InChI is InChI=1S/C13H16O3/c1-3-9-13(2)15-11(12(14)16-13)10-7-5-4-6-8-10/h4-8,11H,3,9H2,1-2H3/t11-,13-/m0/s1. The van der Waals surface area contributed by atoms with Crippen LogP contribution in [-0.4, -0.2) is 11.8 Å². The molecule has 1 aromatic carbocycles. The van der Waals surface area contributed by atoms with Crippen LogP contribution >= 0.6 is 0 Å². The molecule has 3 heteroatoms. The van der Waals surface area contributed by atoms with Gasteiger partial charge in [0.15, 0.2) is 6.10 Å². The average molecular weight is 220 g/mol. The fourth-order valence-corrected chi connectivity index (χ4v) is 1.98. The number of esters is 1. The van der Waals surface area contributed by atoms with Crippen LogP contribution in [0.1, 0.15) is 38.4 Å². The Kier molecular flexibility index (Phi) is 2.97. The van der Waals surface area contributed by atoms with E-state index in [2.05, 4.69) is 0 Å². The quantitative estimate of drug-likeness (QED) is 0.735. The Balaban J connectivity index is 2.17. The molecule has 1 saturated heterocycles. The van der Waals surface area contributed by atoms with Gasteiger partial charge in [0, 0.05) is 13.3 Å². The lowest BCUT2D eigenvalue weighted by molar-refractivity contribution is -0.171.